The summed E-state index contributed by atoms with van der Waals surface area (Å²) in [6, 6.07) is 0. The fourth-order valence-corrected chi connectivity index (χ4v) is 3.06. The molecule has 0 bridgehead atoms. The van der Waals surface area contributed by atoms with Crippen LogP contribution in [0.5, 0.6) is 0 Å². The molecule has 0 atom stereocenters. The monoisotopic (exact) mass is 294 g/mol. The molecule has 5 heteroatoms. The molecule has 0 saturated heterocycles. The van der Waals surface area contributed by atoms with Crippen LogP contribution in [0.2, 0.25) is 0 Å². The lowest BCUT2D eigenvalue weighted by molar-refractivity contribution is -0.118. The van der Waals surface area contributed by atoms with Crippen molar-refractivity contribution < 1.29 is 14.1 Å². The summed E-state index contributed by atoms with van der Waals surface area (Å²) in [6.45, 7) is 4.63. The lowest BCUT2D eigenvalue weighted by Crippen LogP contribution is -2.30. The predicted octanol–water partition coefficient (Wildman–Crippen LogP) is 3.57. The van der Waals surface area contributed by atoms with Crippen molar-refractivity contribution in [1.29, 1.82) is 0 Å². The van der Waals surface area contributed by atoms with Gasteiger partial charge in [-0.2, -0.15) is 4.98 Å². The Balaban J connectivity index is 2.13. The molecule has 0 radical (unpaired) electrons. The molecule has 0 amide bonds. The van der Waals surface area contributed by atoms with E-state index >= 15 is 0 Å². The molecule has 0 unspecified atom stereocenters. The number of carbonyl (C=O) groups is 1. The molecule has 0 aliphatic heterocycles. The van der Waals surface area contributed by atoms with Crippen molar-refractivity contribution in [3.05, 3.63) is 11.7 Å². The molecule has 1 fully saturated rings. The second-order valence-electron chi connectivity index (χ2n) is 5.82. The Hall–Kier alpha value is -1.23. The highest BCUT2D eigenvalue weighted by Crippen LogP contribution is 2.38. The number of carbonyl (C=O) groups excluding carboxylic acids is 1. The van der Waals surface area contributed by atoms with Crippen molar-refractivity contribution in [2.24, 2.45) is 0 Å². The molecule has 5 nitrogen and oxygen atoms in total. The summed E-state index contributed by atoms with van der Waals surface area (Å²) in [7, 11) is 0. The van der Waals surface area contributed by atoms with Crippen molar-refractivity contribution >= 4 is 5.78 Å². The van der Waals surface area contributed by atoms with Crippen molar-refractivity contribution in [2.45, 2.75) is 77.2 Å². The second kappa shape index (κ2) is 7.69. The van der Waals surface area contributed by atoms with E-state index < -0.39 is 5.60 Å². The molecule has 2 rings (SSSR count). The van der Waals surface area contributed by atoms with E-state index in [1.807, 2.05) is 13.8 Å². The average molecular weight is 294 g/mol. The van der Waals surface area contributed by atoms with Gasteiger partial charge in [0.25, 0.3) is 0 Å². The Morgan fingerprint density at radius 1 is 1.24 bits per heavy atom. The number of hydrogen-bond donors (Lipinski definition) is 0. The maximum atomic E-state index is 11.7. The van der Waals surface area contributed by atoms with Crippen LogP contribution in [-0.2, 0) is 21.6 Å². The first-order valence-corrected chi connectivity index (χ1v) is 8.19. The van der Waals surface area contributed by atoms with Gasteiger partial charge in [-0.15, -0.1) is 0 Å². The highest BCUT2D eigenvalue weighted by Gasteiger charge is 2.38. The predicted molar refractivity (Wildman–Crippen MR) is 78.9 cm³/mol. The molecule has 1 saturated carbocycles. The van der Waals surface area contributed by atoms with Gasteiger partial charge in [0.05, 0.1) is 6.42 Å². The zero-order valence-electron chi connectivity index (χ0n) is 13.2. The Morgan fingerprint density at radius 3 is 2.57 bits per heavy atom. The molecule has 0 N–H and O–H groups in total. The van der Waals surface area contributed by atoms with Crippen molar-refractivity contribution in [3.63, 3.8) is 0 Å². The summed E-state index contributed by atoms with van der Waals surface area (Å²) in [6.07, 6.45) is 8.23. The van der Waals surface area contributed by atoms with Crippen LogP contribution in [0.25, 0.3) is 0 Å². The molecule has 1 aliphatic rings. The highest BCUT2D eigenvalue weighted by atomic mass is 16.5. The van der Waals surface area contributed by atoms with Crippen molar-refractivity contribution in [3.8, 4) is 0 Å². The summed E-state index contributed by atoms with van der Waals surface area (Å²) in [5.41, 5.74) is -0.416. The number of ether oxygens (including phenoxy) is 1. The summed E-state index contributed by atoms with van der Waals surface area (Å²) >= 11 is 0. The summed E-state index contributed by atoms with van der Waals surface area (Å²) in [5, 5.41) is 4.12. The van der Waals surface area contributed by atoms with Crippen LogP contribution in [0.3, 0.4) is 0 Å². The first-order valence-electron chi connectivity index (χ1n) is 8.19. The minimum absolute atomic E-state index is 0.152. The summed E-state index contributed by atoms with van der Waals surface area (Å²) in [4.78, 5) is 16.2. The van der Waals surface area contributed by atoms with E-state index in [9.17, 15) is 4.79 Å². The highest BCUT2D eigenvalue weighted by molar-refractivity contribution is 5.79. The minimum Gasteiger partial charge on any atom is -0.367 e. The van der Waals surface area contributed by atoms with Crippen LogP contribution in [0.4, 0.5) is 0 Å². The van der Waals surface area contributed by atoms with Gasteiger partial charge in [-0.3, -0.25) is 4.79 Å². The van der Waals surface area contributed by atoms with Gasteiger partial charge in [-0.25, -0.2) is 0 Å². The van der Waals surface area contributed by atoms with E-state index in [0.717, 1.165) is 32.1 Å². The van der Waals surface area contributed by atoms with Gasteiger partial charge < -0.3 is 9.26 Å². The first-order chi connectivity index (χ1) is 10.2. The Kier molecular flexibility index (Phi) is 5.91. The third-order valence-corrected chi connectivity index (χ3v) is 4.08. The maximum Gasteiger partial charge on any atom is 0.234 e. The maximum absolute atomic E-state index is 11.7. The lowest BCUT2D eigenvalue weighted by Gasteiger charge is -2.29. The molecule has 1 aromatic rings. The van der Waals surface area contributed by atoms with E-state index in [1.54, 1.807) is 0 Å². The quantitative estimate of drug-likeness (QED) is 0.719. The van der Waals surface area contributed by atoms with Gasteiger partial charge >= 0.3 is 0 Å². The number of aromatic nitrogens is 2. The number of nitrogens with zero attached hydrogens (tertiary/aromatic N) is 2. The van der Waals surface area contributed by atoms with Crippen LogP contribution >= 0.6 is 0 Å². The molecular weight excluding hydrogens is 268 g/mol. The van der Waals surface area contributed by atoms with Crippen LogP contribution in [0.1, 0.15) is 76.9 Å². The van der Waals surface area contributed by atoms with Gasteiger partial charge in [0, 0.05) is 13.0 Å². The Labute approximate surface area is 126 Å². The van der Waals surface area contributed by atoms with Gasteiger partial charge in [0.1, 0.15) is 11.4 Å². The summed E-state index contributed by atoms with van der Waals surface area (Å²) in [5.74, 6) is 1.20. The largest absolute Gasteiger partial charge is 0.367 e. The number of ketones is 1. The fraction of sp³-hybridized carbons (Fsp3) is 0.812. The van der Waals surface area contributed by atoms with Crippen molar-refractivity contribution in [2.75, 3.05) is 6.61 Å². The lowest BCUT2D eigenvalue weighted by atomic mass is 9.93. The van der Waals surface area contributed by atoms with E-state index in [0.29, 0.717) is 24.7 Å². The molecule has 1 aliphatic carbocycles. The molecule has 0 aromatic carbocycles. The van der Waals surface area contributed by atoms with Gasteiger partial charge in [-0.05, 0) is 26.2 Å². The zero-order valence-corrected chi connectivity index (χ0v) is 13.2. The Morgan fingerprint density at radius 2 is 1.95 bits per heavy atom. The molecule has 118 valence electrons. The fourth-order valence-electron chi connectivity index (χ4n) is 3.06. The number of hydrogen-bond acceptors (Lipinski definition) is 5. The molecule has 1 heterocycles. The van der Waals surface area contributed by atoms with Gasteiger partial charge in [-0.1, -0.05) is 37.8 Å². The molecule has 1 aromatic heterocycles. The number of Topliss-reactive ketones (excluding diaryl/α,β-unsaturated/α-hetero) is 1. The van der Waals surface area contributed by atoms with Gasteiger partial charge in [0.2, 0.25) is 11.7 Å². The molecule has 21 heavy (non-hydrogen) atoms. The normalized spacial score (nSPS) is 18.4. The van der Waals surface area contributed by atoms with Crippen LogP contribution < -0.4 is 0 Å². The SMILES string of the molecule is CCCC(=O)Cc1nc(C2(OCC)CCCCCC2)no1. The standard InChI is InChI=1S/C16H26N2O3/c1-3-9-13(19)12-14-17-15(18-21-14)16(20-4-2)10-7-5-6-8-11-16/h3-12H2,1-2H3. The van der Waals surface area contributed by atoms with Crippen molar-refractivity contribution in [1.82, 2.24) is 10.1 Å². The molecular formula is C16H26N2O3. The first kappa shape index (κ1) is 16.1. The molecule has 0 spiro atoms. The summed E-state index contributed by atoms with van der Waals surface area (Å²) < 4.78 is 11.3. The van der Waals surface area contributed by atoms with E-state index in [4.69, 9.17) is 9.26 Å². The third kappa shape index (κ3) is 4.13. The Bertz CT molecular complexity index is 448. The van der Waals surface area contributed by atoms with Crippen LogP contribution in [0, 0.1) is 0 Å². The topological polar surface area (TPSA) is 65.2 Å². The smallest absolute Gasteiger partial charge is 0.234 e. The third-order valence-electron chi connectivity index (χ3n) is 4.08. The van der Waals surface area contributed by atoms with Crippen LogP contribution in [0.15, 0.2) is 4.52 Å². The zero-order chi connectivity index (χ0) is 15.1. The van der Waals surface area contributed by atoms with E-state index in [1.165, 1.54) is 12.8 Å². The minimum atomic E-state index is -0.416. The van der Waals surface area contributed by atoms with Crippen LogP contribution in [-0.4, -0.2) is 22.5 Å². The van der Waals surface area contributed by atoms with Gasteiger partial charge in [0.15, 0.2) is 0 Å². The second-order valence-corrected chi connectivity index (χ2v) is 5.82. The average Bonchev–Trinajstić information content (AvgIpc) is 2.79. The van der Waals surface area contributed by atoms with E-state index in [-0.39, 0.29) is 12.2 Å². The number of rotatable bonds is 7. The van der Waals surface area contributed by atoms with E-state index in [2.05, 4.69) is 10.1 Å².